The SMILES string of the molecule is Cc1ncoc1C(=O)NCCOC1CCC(N)CC1. The summed E-state index contributed by atoms with van der Waals surface area (Å²) in [5.74, 6) is 0.0212. The van der Waals surface area contributed by atoms with Gasteiger partial charge in [-0.2, -0.15) is 0 Å². The number of oxazole rings is 1. The Morgan fingerprint density at radius 3 is 2.89 bits per heavy atom. The van der Waals surface area contributed by atoms with Crippen LogP contribution >= 0.6 is 0 Å². The lowest BCUT2D eigenvalue weighted by Gasteiger charge is -2.26. The Hall–Kier alpha value is -1.40. The molecule has 0 radical (unpaired) electrons. The predicted molar refractivity (Wildman–Crippen MR) is 69.8 cm³/mol. The van der Waals surface area contributed by atoms with Gasteiger partial charge in [-0.3, -0.25) is 4.79 Å². The molecule has 6 heteroatoms. The molecule has 1 aliphatic carbocycles. The second-order valence-electron chi connectivity index (χ2n) is 4.93. The molecule has 0 aliphatic heterocycles. The molecule has 3 N–H and O–H groups in total. The van der Waals surface area contributed by atoms with Crippen LogP contribution in [0, 0.1) is 6.92 Å². The van der Waals surface area contributed by atoms with Gasteiger partial charge in [-0.05, 0) is 32.6 Å². The van der Waals surface area contributed by atoms with Crippen LogP contribution in [-0.2, 0) is 4.74 Å². The van der Waals surface area contributed by atoms with E-state index >= 15 is 0 Å². The zero-order chi connectivity index (χ0) is 13.7. The molecule has 0 unspecified atom stereocenters. The average molecular weight is 267 g/mol. The minimum atomic E-state index is -0.246. The second kappa shape index (κ2) is 6.68. The van der Waals surface area contributed by atoms with Gasteiger partial charge in [0.1, 0.15) is 0 Å². The van der Waals surface area contributed by atoms with Crippen molar-refractivity contribution in [1.29, 1.82) is 0 Å². The molecule has 0 saturated heterocycles. The van der Waals surface area contributed by atoms with E-state index in [4.69, 9.17) is 14.9 Å². The van der Waals surface area contributed by atoms with E-state index in [2.05, 4.69) is 10.3 Å². The number of nitrogens with two attached hydrogens (primary N) is 1. The fourth-order valence-electron chi connectivity index (χ4n) is 2.25. The molecule has 0 atom stereocenters. The summed E-state index contributed by atoms with van der Waals surface area (Å²) in [5.41, 5.74) is 6.43. The van der Waals surface area contributed by atoms with E-state index in [9.17, 15) is 4.79 Å². The maximum atomic E-state index is 11.7. The minimum Gasteiger partial charge on any atom is -0.438 e. The van der Waals surface area contributed by atoms with Gasteiger partial charge in [0.05, 0.1) is 18.4 Å². The number of nitrogens with zero attached hydrogens (tertiary/aromatic N) is 1. The van der Waals surface area contributed by atoms with Gasteiger partial charge in [-0.25, -0.2) is 4.98 Å². The molecule has 0 aromatic carbocycles. The largest absolute Gasteiger partial charge is 0.438 e. The lowest BCUT2D eigenvalue weighted by molar-refractivity contribution is 0.0266. The van der Waals surface area contributed by atoms with E-state index in [0.29, 0.717) is 24.9 Å². The van der Waals surface area contributed by atoms with Crippen molar-refractivity contribution >= 4 is 5.91 Å². The van der Waals surface area contributed by atoms with Crippen molar-refractivity contribution in [3.05, 3.63) is 17.8 Å². The van der Waals surface area contributed by atoms with Gasteiger partial charge in [0.15, 0.2) is 6.39 Å². The third-order valence-electron chi connectivity index (χ3n) is 3.41. The summed E-state index contributed by atoms with van der Waals surface area (Å²) in [7, 11) is 0. The zero-order valence-corrected chi connectivity index (χ0v) is 11.2. The first-order valence-corrected chi connectivity index (χ1v) is 6.72. The molecule has 1 heterocycles. The first kappa shape index (κ1) is 14.0. The lowest BCUT2D eigenvalue weighted by Crippen LogP contribution is -2.33. The molecule has 1 fully saturated rings. The molecule has 1 aromatic heterocycles. The maximum Gasteiger partial charge on any atom is 0.289 e. The lowest BCUT2D eigenvalue weighted by atomic mass is 9.94. The van der Waals surface area contributed by atoms with Gasteiger partial charge in [0.2, 0.25) is 5.76 Å². The highest BCUT2D eigenvalue weighted by Gasteiger charge is 2.19. The third kappa shape index (κ3) is 4.04. The van der Waals surface area contributed by atoms with Crippen LogP contribution in [0.3, 0.4) is 0 Å². The standard InChI is InChI=1S/C13H21N3O3/c1-9-12(19-8-16-9)13(17)15-6-7-18-11-4-2-10(14)3-5-11/h8,10-11H,2-7,14H2,1H3,(H,15,17). The third-order valence-corrected chi connectivity index (χ3v) is 3.41. The van der Waals surface area contributed by atoms with Crippen LogP contribution < -0.4 is 11.1 Å². The highest BCUT2D eigenvalue weighted by molar-refractivity contribution is 5.92. The number of nitrogens with one attached hydrogen (secondary N) is 1. The van der Waals surface area contributed by atoms with Crippen molar-refractivity contribution in [2.45, 2.75) is 44.8 Å². The van der Waals surface area contributed by atoms with Crippen LogP contribution in [0.4, 0.5) is 0 Å². The Labute approximate surface area is 112 Å². The fourth-order valence-corrected chi connectivity index (χ4v) is 2.25. The average Bonchev–Trinajstić information content (AvgIpc) is 2.83. The van der Waals surface area contributed by atoms with Gasteiger partial charge in [0.25, 0.3) is 5.91 Å². The highest BCUT2D eigenvalue weighted by atomic mass is 16.5. The second-order valence-corrected chi connectivity index (χ2v) is 4.93. The van der Waals surface area contributed by atoms with Gasteiger partial charge in [0, 0.05) is 12.6 Å². The van der Waals surface area contributed by atoms with Crippen molar-refractivity contribution < 1.29 is 13.9 Å². The molecular weight excluding hydrogens is 246 g/mol. The van der Waals surface area contributed by atoms with Crippen molar-refractivity contribution in [2.24, 2.45) is 5.73 Å². The number of hydrogen-bond donors (Lipinski definition) is 2. The predicted octanol–water partition coefficient (Wildman–Crippen LogP) is 0.999. The van der Waals surface area contributed by atoms with E-state index in [1.165, 1.54) is 6.39 Å². The molecule has 1 saturated carbocycles. The van der Waals surface area contributed by atoms with Gasteiger partial charge in [-0.15, -0.1) is 0 Å². The van der Waals surface area contributed by atoms with Crippen LogP contribution in [-0.4, -0.2) is 36.2 Å². The first-order valence-electron chi connectivity index (χ1n) is 6.72. The molecule has 106 valence electrons. The van der Waals surface area contributed by atoms with Crippen LogP contribution in [0.2, 0.25) is 0 Å². The molecule has 6 nitrogen and oxygen atoms in total. The maximum absolute atomic E-state index is 11.7. The summed E-state index contributed by atoms with van der Waals surface area (Å²) < 4.78 is 10.7. The van der Waals surface area contributed by atoms with Gasteiger partial charge in [-0.1, -0.05) is 0 Å². The molecule has 0 spiro atoms. The number of aromatic nitrogens is 1. The monoisotopic (exact) mass is 267 g/mol. The number of amides is 1. The van der Waals surface area contributed by atoms with Gasteiger partial charge >= 0.3 is 0 Å². The quantitative estimate of drug-likeness (QED) is 0.777. The summed E-state index contributed by atoms with van der Waals surface area (Å²) in [6.45, 7) is 2.72. The van der Waals surface area contributed by atoms with Crippen LogP contribution in [0.5, 0.6) is 0 Å². The molecule has 19 heavy (non-hydrogen) atoms. The summed E-state index contributed by atoms with van der Waals surface area (Å²) in [6, 6.07) is 0.328. The summed E-state index contributed by atoms with van der Waals surface area (Å²) in [4.78, 5) is 15.6. The summed E-state index contributed by atoms with van der Waals surface area (Å²) in [6.07, 6.45) is 5.62. The Balaban J connectivity index is 1.62. The minimum absolute atomic E-state index is 0.246. The topological polar surface area (TPSA) is 90.4 Å². The molecule has 1 aliphatic rings. The number of hydrogen-bond acceptors (Lipinski definition) is 5. The zero-order valence-electron chi connectivity index (χ0n) is 11.2. The van der Waals surface area contributed by atoms with E-state index in [-0.39, 0.29) is 17.8 Å². The first-order chi connectivity index (χ1) is 9.16. The van der Waals surface area contributed by atoms with Crippen molar-refractivity contribution in [1.82, 2.24) is 10.3 Å². The summed E-state index contributed by atoms with van der Waals surface area (Å²) in [5, 5.41) is 2.75. The smallest absolute Gasteiger partial charge is 0.289 e. The molecule has 0 bridgehead atoms. The van der Waals surface area contributed by atoms with Crippen LogP contribution in [0.1, 0.15) is 41.9 Å². The Kier molecular flexibility index (Phi) is 4.93. The van der Waals surface area contributed by atoms with E-state index < -0.39 is 0 Å². The molecule has 1 aromatic rings. The van der Waals surface area contributed by atoms with E-state index in [1.54, 1.807) is 6.92 Å². The molecular formula is C13H21N3O3. The van der Waals surface area contributed by atoms with Crippen LogP contribution in [0.25, 0.3) is 0 Å². The van der Waals surface area contributed by atoms with Crippen molar-refractivity contribution in [2.75, 3.05) is 13.2 Å². The van der Waals surface area contributed by atoms with E-state index in [0.717, 1.165) is 25.7 Å². The highest BCUT2D eigenvalue weighted by Crippen LogP contribution is 2.19. The normalized spacial score (nSPS) is 23.3. The van der Waals surface area contributed by atoms with E-state index in [1.807, 2.05) is 0 Å². The van der Waals surface area contributed by atoms with Gasteiger partial charge < -0.3 is 20.2 Å². The number of ether oxygens (including phenoxy) is 1. The fraction of sp³-hybridized carbons (Fsp3) is 0.692. The Morgan fingerprint density at radius 1 is 1.53 bits per heavy atom. The Morgan fingerprint density at radius 2 is 2.26 bits per heavy atom. The number of aryl methyl sites for hydroxylation is 1. The molecule has 2 rings (SSSR count). The summed E-state index contributed by atoms with van der Waals surface area (Å²) >= 11 is 0. The molecule has 1 amide bonds. The number of rotatable bonds is 5. The van der Waals surface area contributed by atoms with Crippen LogP contribution in [0.15, 0.2) is 10.8 Å². The number of carbonyl (C=O) groups is 1. The number of carbonyl (C=O) groups excluding carboxylic acids is 1. The Bertz CT molecular complexity index is 411. The van der Waals surface area contributed by atoms with Crippen molar-refractivity contribution in [3.63, 3.8) is 0 Å². The van der Waals surface area contributed by atoms with Crippen molar-refractivity contribution in [3.8, 4) is 0 Å².